The Balaban J connectivity index is 2.24. The molecular formula is C20H30N2O9. The van der Waals surface area contributed by atoms with Crippen LogP contribution in [0.5, 0.6) is 0 Å². The van der Waals surface area contributed by atoms with Crippen LogP contribution in [0.4, 0.5) is 4.79 Å². The molecule has 11 nitrogen and oxygen atoms in total. The molecule has 11 heteroatoms. The van der Waals surface area contributed by atoms with E-state index in [0.29, 0.717) is 25.8 Å². The lowest BCUT2D eigenvalue weighted by molar-refractivity contribution is -0.176. The SMILES string of the molecule is O=C[C@@](O)(NC(=O)CCCCCNC(=O)OCc1ccccc1)[C@@H](O)[C@@H](O)[C@H](O)CO. The number of nitrogens with one attached hydrogen (secondary N) is 2. The van der Waals surface area contributed by atoms with Crippen molar-refractivity contribution in [3.05, 3.63) is 35.9 Å². The van der Waals surface area contributed by atoms with Gasteiger partial charge in [0.25, 0.3) is 0 Å². The molecule has 1 rings (SSSR count). The summed E-state index contributed by atoms with van der Waals surface area (Å²) in [6, 6.07) is 9.20. The summed E-state index contributed by atoms with van der Waals surface area (Å²) >= 11 is 0. The highest BCUT2D eigenvalue weighted by Crippen LogP contribution is 2.13. The van der Waals surface area contributed by atoms with Gasteiger partial charge in [-0.3, -0.25) is 9.59 Å². The molecule has 31 heavy (non-hydrogen) atoms. The average molecular weight is 442 g/mol. The molecule has 0 aliphatic rings. The summed E-state index contributed by atoms with van der Waals surface area (Å²) in [4.78, 5) is 34.6. The highest BCUT2D eigenvalue weighted by atomic mass is 16.5. The molecule has 0 aromatic heterocycles. The molecule has 0 unspecified atom stereocenters. The van der Waals surface area contributed by atoms with E-state index in [1.54, 1.807) is 0 Å². The molecule has 0 aliphatic carbocycles. The standard InChI is InChI=1S/C20H30N2O9/c23-11-15(25)17(27)18(28)20(30,13-24)22-16(26)9-5-2-6-10-21-19(29)31-12-14-7-3-1-4-8-14/h1,3-4,7-8,13,15,17-18,23,25,27-28,30H,2,5-6,9-12H2,(H,21,29)(H,22,26)/t15-,17+,18+,20+/m1/s1. The van der Waals surface area contributed by atoms with E-state index in [9.17, 15) is 34.8 Å². The van der Waals surface area contributed by atoms with Crippen LogP contribution < -0.4 is 10.6 Å². The molecule has 2 amide bonds. The highest BCUT2D eigenvalue weighted by molar-refractivity contribution is 5.81. The van der Waals surface area contributed by atoms with Crippen LogP contribution in [-0.2, 0) is 20.9 Å². The molecule has 0 saturated heterocycles. The van der Waals surface area contributed by atoms with E-state index in [-0.39, 0.29) is 19.3 Å². The summed E-state index contributed by atoms with van der Waals surface area (Å²) in [5, 5.41) is 52.0. The number of aliphatic hydroxyl groups is 5. The van der Waals surface area contributed by atoms with Crippen molar-refractivity contribution >= 4 is 18.3 Å². The third-order valence-corrected chi connectivity index (χ3v) is 4.44. The monoisotopic (exact) mass is 442 g/mol. The first-order chi connectivity index (χ1) is 14.7. The van der Waals surface area contributed by atoms with Gasteiger partial charge in [0.15, 0.2) is 6.29 Å². The van der Waals surface area contributed by atoms with Crippen molar-refractivity contribution in [2.45, 2.75) is 56.3 Å². The van der Waals surface area contributed by atoms with Gasteiger partial charge in [0.2, 0.25) is 11.6 Å². The first-order valence-electron chi connectivity index (χ1n) is 9.82. The van der Waals surface area contributed by atoms with Gasteiger partial charge in [0, 0.05) is 13.0 Å². The van der Waals surface area contributed by atoms with E-state index in [1.807, 2.05) is 35.6 Å². The van der Waals surface area contributed by atoms with Crippen molar-refractivity contribution in [1.29, 1.82) is 0 Å². The number of carbonyl (C=O) groups excluding carboxylic acids is 3. The smallest absolute Gasteiger partial charge is 0.407 e. The number of ether oxygens (including phenoxy) is 1. The summed E-state index contributed by atoms with van der Waals surface area (Å²) in [6.07, 6.45) is -5.50. The summed E-state index contributed by atoms with van der Waals surface area (Å²) < 4.78 is 5.05. The van der Waals surface area contributed by atoms with Gasteiger partial charge in [0.05, 0.1) is 6.61 Å². The summed E-state index contributed by atoms with van der Waals surface area (Å²) in [6.45, 7) is -0.436. The number of aliphatic hydroxyl groups excluding tert-OH is 4. The van der Waals surface area contributed by atoms with Gasteiger partial charge in [0.1, 0.15) is 24.9 Å². The summed E-state index contributed by atoms with van der Waals surface area (Å²) in [5.74, 6) is -0.769. The number of aldehydes is 1. The van der Waals surface area contributed by atoms with E-state index in [2.05, 4.69) is 5.32 Å². The number of carbonyl (C=O) groups is 3. The molecule has 0 saturated carbocycles. The van der Waals surface area contributed by atoms with E-state index in [0.717, 1.165) is 5.56 Å². The zero-order chi connectivity index (χ0) is 23.3. The Morgan fingerprint density at radius 2 is 1.77 bits per heavy atom. The van der Waals surface area contributed by atoms with Crippen molar-refractivity contribution in [2.24, 2.45) is 0 Å². The Kier molecular flexibility index (Phi) is 11.7. The first kappa shape index (κ1) is 26.5. The number of benzene rings is 1. The maximum Gasteiger partial charge on any atom is 0.407 e. The van der Waals surface area contributed by atoms with Crippen LogP contribution in [-0.4, -0.2) is 81.0 Å². The van der Waals surface area contributed by atoms with Gasteiger partial charge in [-0.2, -0.15) is 0 Å². The van der Waals surface area contributed by atoms with Crippen molar-refractivity contribution in [3.63, 3.8) is 0 Å². The van der Waals surface area contributed by atoms with Crippen LogP contribution in [0, 0.1) is 0 Å². The average Bonchev–Trinajstić information content (AvgIpc) is 2.78. The van der Waals surface area contributed by atoms with E-state index >= 15 is 0 Å². The first-order valence-corrected chi connectivity index (χ1v) is 9.82. The molecule has 0 heterocycles. The molecule has 1 aromatic carbocycles. The quantitative estimate of drug-likeness (QED) is 0.103. The molecule has 0 bridgehead atoms. The number of amides is 2. The van der Waals surface area contributed by atoms with Gasteiger partial charge in [-0.25, -0.2) is 4.79 Å². The number of hydrogen-bond donors (Lipinski definition) is 7. The van der Waals surface area contributed by atoms with Crippen LogP contribution in [0.25, 0.3) is 0 Å². The minimum Gasteiger partial charge on any atom is -0.445 e. The Morgan fingerprint density at radius 3 is 2.39 bits per heavy atom. The largest absolute Gasteiger partial charge is 0.445 e. The molecule has 0 radical (unpaired) electrons. The minimum atomic E-state index is -2.82. The molecule has 1 aromatic rings. The fraction of sp³-hybridized carbons (Fsp3) is 0.550. The Morgan fingerprint density at radius 1 is 1.10 bits per heavy atom. The van der Waals surface area contributed by atoms with Gasteiger partial charge in [-0.1, -0.05) is 36.8 Å². The topological polar surface area (TPSA) is 186 Å². The zero-order valence-electron chi connectivity index (χ0n) is 17.0. The van der Waals surface area contributed by atoms with Crippen LogP contribution in [0.2, 0.25) is 0 Å². The summed E-state index contributed by atoms with van der Waals surface area (Å²) in [7, 11) is 0. The van der Waals surface area contributed by atoms with Crippen LogP contribution in [0.15, 0.2) is 30.3 Å². The molecular weight excluding hydrogens is 412 g/mol. The fourth-order valence-electron chi connectivity index (χ4n) is 2.59. The fourth-order valence-corrected chi connectivity index (χ4v) is 2.59. The third kappa shape index (κ3) is 9.40. The van der Waals surface area contributed by atoms with E-state index in [1.165, 1.54) is 0 Å². The lowest BCUT2D eigenvalue weighted by atomic mass is 9.98. The molecule has 174 valence electrons. The van der Waals surface area contributed by atoms with Crippen molar-refractivity contribution in [3.8, 4) is 0 Å². The number of unbranched alkanes of at least 4 members (excludes halogenated alkanes) is 2. The number of alkyl carbamates (subject to hydrolysis) is 1. The van der Waals surface area contributed by atoms with Crippen molar-refractivity contribution in [1.82, 2.24) is 10.6 Å². The zero-order valence-corrected chi connectivity index (χ0v) is 17.0. The van der Waals surface area contributed by atoms with Gasteiger partial charge >= 0.3 is 6.09 Å². The van der Waals surface area contributed by atoms with Gasteiger partial charge < -0.3 is 40.9 Å². The predicted molar refractivity (Wildman–Crippen MR) is 107 cm³/mol. The maximum absolute atomic E-state index is 11.9. The summed E-state index contributed by atoms with van der Waals surface area (Å²) in [5.41, 5.74) is -1.96. The molecule has 0 fully saturated rings. The normalized spacial score (nSPS) is 15.8. The van der Waals surface area contributed by atoms with E-state index < -0.39 is 42.6 Å². The second-order valence-corrected chi connectivity index (χ2v) is 6.98. The van der Waals surface area contributed by atoms with Crippen LogP contribution in [0.1, 0.15) is 31.2 Å². The second kappa shape index (κ2) is 13.7. The second-order valence-electron chi connectivity index (χ2n) is 6.98. The number of rotatable bonds is 14. The Hall–Kier alpha value is -2.57. The Labute approximate surface area is 179 Å². The molecule has 7 N–H and O–H groups in total. The molecule has 0 spiro atoms. The Bertz CT molecular complexity index is 688. The number of hydrogen-bond acceptors (Lipinski definition) is 9. The lowest BCUT2D eigenvalue weighted by Gasteiger charge is -2.32. The predicted octanol–water partition coefficient (Wildman–Crippen LogP) is -1.45. The van der Waals surface area contributed by atoms with Crippen LogP contribution in [0.3, 0.4) is 0 Å². The minimum absolute atomic E-state index is 0.0972. The lowest BCUT2D eigenvalue weighted by Crippen LogP contribution is -2.63. The third-order valence-electron chi connectivity index (χ3n) is 4.44. The van der Waals surface area contributed by atoms with Crippen molar-refractivity contribution < 1.29 is 44.7 Å². The molecule has 0 aliphatic heterocycles. The van der Waals surface area contributed by atoms with Crippen molar-refractivity contribution in [2.75, 3.05) is 13.2 Å². The van der Waals surface area contributed by atoms with Crippen LogP contribution >= 0.6 is 0 Å². The van der Waals surface area contributed by atoms with E-state index in [4.69, 9.17) is 9.84 Å². The van der Waals surface area contributed by atoms with Gasteiger partial charge in [-0.05, 0) is 18.4 Å². The highest BCUT2D eigenvalue weighted by Gasteiger charge is 2.43. The van der Waals surface area contributed by atoms with Gasteiger partial charge in [-0.15, -0.1) is 0 Å². The maximum atomic E-state index is 11.9. The molecule has 4 atom stereocenters.